The van der Waals surface area contributed by atoms with Crippen molar-refractivity contribution in [3.63, 3.8) is 0 Å². The average molecular weight is 335 g/mol. The van der Waals surface area contributed by atoms with E-state index in [4.69, 9.17) is 9.47 Å². The second-order valence-electron chi connectivity index (χ2n) is 6.11. The largest absolute Gasteiger partial charge is 0.486 e. The Bertz CT molecular complexity index is 830. The van der Waals surface area contributed by atoms with Crippen LogP contribution in [0.4, 0.5) is 0 Å². The average Bonchev–Trinajstić information content (AvgIpc) is 3.10. The summed E-state index contributed by atoms with van der Waals surface area (Å²) in [4.78, 5) is 0. The molecule has 1 aliphatic heterocycles. The highest BCUT2D eigenvalue weighted by Gasteiger charge is 2.11. The van der Waals surface area contributed by atoms with Crippen molar-refractivity contribution in [3.05, 3.63) is 77.6 Å². The van der Waals surface area contributed by atoms with Gasteiger partial charge in [-0.05, 0) is 23.3 Å². The number of benzene rings is 2. The number of hydrogen-bond donors (Lipinski definition) is 1. The molecule has 2 aromatic carbocycles. The van der Waals surface area contributed by atoms with Crippen LogP contribution in [-0.4, -0.2) is 23.0 Å². The van der Waals surface area contributed by atoms with Crippen molar-refractivity contribution in [3.8, 4) is 11.5 Å². The number of rotatable bonds is 6. The molecule has 0 spiro atoms. The van der Waals surface area contributed by atoms with Crippen LogP contribution in [0.2, 0.25) is 0 Å². The Morgan fingerprint density at radius 2 is 1.68 bits per heavy atom. The van der Waals surface area contributed by atoms with Crippen molar-refractivity contribution < 1.29 is 9.47 Å². The third-order valence-electron chi connectivity index (χ3n) is 4.14. The topological polar surface area (TPSA) is 48.3 Å². The number of ether oxygens (including phenoxy) is 2. The smallest absolute Gasteiger partial charge is 0.161 e. The fraction of sp³-hybridized carbons (Fsp3) is 0.250. The summed E-state index contributed by atoms with van der Waals surface area (Å²) in [6, 6.07) is 16.4. The Morgan fingerprint density at radius 1 is 0.880 bits per heavy atom. The van der Waals surface area contributed by atoms with Gasteiger partial charge in [0.15, 0.2) is 11.5 Å². The number of nitrogens with zero attached hydrogens (tertiary/aromatic N) is 2. The van der Waals surface area contributed by atoms with E-state index >= 15 is 0 Å². The SMILES string of the molecule is c1ccc(Cn2cc(CNCc3ccc4c(c3)OCCO4)cn2)cc1. The van der Waals surface area contributed by atoms with Crippen molar-refractivity contribution in [2.24, 2.45) is 0 Å². The molecule has 0 radical (unpaired) electrons. The fourth-order valence-electron chi connectivity index (χ4n) is 2.90. The first kappa shape index (κ1) is 15.7. The Morgan fingerprint density at radius 3 is 2.56 bits per heavy atom. The predicted molar refractivity (Wildman–Crippen MR) is 95.7 cm³/mol. The maximum atomic E-state index is 5.62. The summed E-state index contributed by atoms with van der Waals surface area (Å²) in [6.07, 6.45) is 4.00. The molecule has 2 heterocycles. The van der Waals surface area contributed by atoms with Gasteiger partial charge >= 0.3 is 0 Å². The molecule has 0 atom stereocenters. The van der Waals surface area contributed by atoms with Gasteiger partial charge in [-0.1, -0.05) is 36.4 Å². The van der Waals surface area contributed by atoms with Crippen LogP contribution in [0, 0.1) is 0 Å². The molecule has 1 N–H and O–H groups in total. The van der Waals surface area contributed by atoms with Crippen molar-refractivity contribution >= 4 is 0 Å². The molecule has 0 aliphatic carbocycles. The van der Waals surface area contributed by atoms with Crippen molar-refractivity contribution in [2.45, 2.75) is 19.6 Å². The molecule has 0 unspecified atom stereocenters. The monoisotopic (exact) mass is 335 g/mol. The van der Waals surface area contributed by atoms with Crippen LogP contribution in [0.5, 0.6) is 11.5 Å². The molecular weight excluding hydrogens is 314 g/mol. The molecule has 5 nitrogen and oxygen atoms in total. The summed E-state index contributed by atoms with van der Waals surface area (Å²) >= 11 is 0. The van der Waals surface area contributed by atoms with E-state index in [9.17, 15) is 0 Å². The minimum atomic E-state index is 0.616. The van der Waals surface area contributed by atoms with E-state index in [0.29, 0.717) is 13.2 Å². The van der Waals surface area contributed by atoms with Gasteiger partial charge in [0, 0.05) is 24.8 Å². The molecular formula is C20H21N3O2. The predicted octanol–water partition coefficient (Wildman–Crippen LogP) is 2.99. The quantitative estimate of drug-likeness (QED) is 0.752. The van der Waals surface area contributed by atoms with Gasteiger partial charge in [0.2, 0.25) is 0 Å². The summed E-state index contributed by atoms with van der Waals surface area (Å²) in [7, 11) is 0. The van der Waals surface area contributed by atoms with Gasteiger partial charge in [0.1, 0.15) is 13.2 Å². The second-order valence-corrected chi connectivity index (χ2v) is 6.11. The van der Waals surface area contributed by atoms with E-state index in [1.54, 1.807) is 0 Å². The molecule has 0 fully saturated rings. The van der Waals surface area contributed by atoms with E-state index in [2.05, 4.69) is 46.9 Å². The van der Waals surface area contributed by atoms with Crippen molar-refractivity contribution in [2.75, 3.05) is 13.2 Å². The zero-order valence-corrected chi connectivity index (χ0v) is 14.0. The number of nitrogens with one attached hydrogen (secondary N) is 1. The maximum absolute atomic E-state index is 5.62. The molecule has 25 heavy (non-hydrogen) atoms. The maximum Gasteiger partial charge on any atom is 0.161 e. The van der Waals surface area contributed by atoms with E-state index in [1.807, 2.05) is 29.1 Å². The molecule has 3 aromatic rings. The Labute approximate surface area is 147 Å². The molecule has 0 saturated carbocycles. The van der Waals surface area contributed by atoms with Gasteiger partial charge in [-0.3, -0.25) is 4.68 Å². The first-order chi connectivity index (χ1) is 12.4. The molecule has 4 rings (SSSR count). The van der Waals surface area contributed by atoms with Crippen LogP contribution in [0.25, 0.3) is 0 Å². The highest BCUT2D eigenvalue weighted by molar-refractivity contribution is 5.43. The highest BCUT2D eigenvalue weighted by atomic mass is 16.6. The van der Waals surface area contributed by atoms with E-state index < -0.39 is 0 Å². The van der Waals surface area contributed by atoms with Gasteiger partial charge in [-0.25, -0.2) is 0 Å². The first-order valence-corrected chi connectivity index (χ1v) is 8.51. The Balaban J connectivity index is 1.30. The highest BCUT2D eigenvalue weighted by Crippen LogP contribution is 2.30. The molecule has 0 amide bonds. The second kappa shape index (κ2) is 7.40. The van der Waals surface area contributed by atoms with E-state index in [-0.39, 0.29) is 0 Å². The lowest BCUT2D eigenvalue weighted by Crippen LogP contribution is -2.16. The molecule has 0 saturated heterocycles. The van der Waals surface area contributed by atoms with Crippen molar-refractivity contribution in [1.82, 2.24) is 15.1 Å². The fourth-order valence-corrected chi connectivity index (χ4v) is 2.90. The van der Waals surface area contributed by atoms with Crippen LogP contribution in [0.3, 0.4) is 0 Å². The number of fused-ring (bicyclic) bond motifs is 1. The lowest BCUT2D eigenvalue weighted by Gasteiger charge is -2.18. The minimum Gasteiger partial charge on any atom is -0.486 e. The van der Waals surface area contributed by atoms with E-state index in [1.165, 1.54) is 16.7 Å². The van der Waals surface area contributed by atoms with Crippen LogP contribution in [0.15, 0.2) is 60.9 Å². The van der Waals surface area contributed by atoms with Gasteiger partial charge in [0.25, 0.3) is 0 Å². The Hall–Kier alpha value is -2.79. The standard InChI is InChI=1S/C20H21N3O2/c1-2-4-16(5-3-1)14-23-15-18(13-22-23)12-21-11-17-6-7-19-20(10-17)25-9-8-24-19/h1-7,10,13,15,21H,8-9,11-12,14H2. The van der Waals surface area contributed by atoms with Gasteiger partial charge in [0.05, 0.1) is 12.7 Å². The van der Waals surface area contributed by atoms with Gasteiger partial charge < -0.3 is 14.8 Å². The molecule has 5 heteroatoms. The van der Waals surface area contributed by atoms with Crippen LogP contribution in [-0.2, 0) is 19.6 Å². The zero-order valence-electron chi connectivity index (χ0n) is 14.0. The third-order valence-corrected chi connectivity index (χ3v) is 4.14. The molecule has 1 aliphatic rings. The lowest BCUT2D eigenvalue weighted by atomic mass is 10.2. The van der Waals surface area contributed by atoms with E-state index in [0.717, 1.165) is 31.1 Å². The van der Waals surface area contributed by atoms with Gasteiger partial charge in [-0.2, -0.15) is 5.10 Å². The Kier molecular flexibility index (Phi) is 4.65. The van der Waals surface area contributed by atoms with Crippen LogP contribution in [0.1, 0.15) is 16.7 Å². The van der Waals surface area contributed by atoms with Crippen LogP contribution >= 0.6 is 0 Å². The molecule has 0 bridgehead atoms. The van der Waals surface area contributed by atoms with Gasteiger partial charge in [-0.15, -0.1) is 0 Å². The summed E-state index contributed by atoms with van der Waals surface area (Å²) in [6.45, 7) is 3.59. The van der Waals surface area contributed by atoms with Crippen LogP contribution < -0.4 is 14.8 Å². The summed E-state index contributed by atoms with van der Waals surface area (Å²) in [5.74, 6) is 1.67. The number of aromatic nitrogens is 2. The summed E-state index contributed by atoms with van der Waals surface area (Å²) in [5.41, 5.74) is 3.61. The summed E-state index contributed by atoms with van der Waals surface area (Å²) < 4.78 is 13.1. The lowest BCUT2D eigenvalue weighted by molar-refractivity contribution is 0.171. The number of hydrogen-bond acceptors (Lipinski definition) is 4. The molecule has 1 aromatic heterocycles. The van der Waals surface area contributed by atoms with Crippen molar-refractivity contribution in [1.29, 1.82) is 0 Å². The summed E-state index contributed by atoms with van der Waals surface area (Å²) in [5, 5.41) is 7.89. The normalized spacial score (nSPS) is 13.0. The third kappa shape index (κ3) is 4.00. The first-order valence-electron chi connectivity index (χ1n) is 8.51. The molecule has 128 valence electrons. The zero-order chi connectivity index (χ0) is 16.9. The minimum absolute atomic E-state index is 0.616.